The normalized spacial score (nSPS) is 24.3. The van der Waals surface area contributed by atoms with Gasteiger partial charge in [-0.3, -0.25) is 0 Å². The standard InChI is InChI=1S/C14H19N/c15-14(9-10-14)13-8-4-3-7-12(13)11-5-1-2-6-11/h3-4,7-8,11H,1-2,5-6,9-10,15H2. The summed E-state index contributed by atoms with van der Waals surface area (Å²) in [6.07, 6.45) is 7.89. The maximum absolute atomic E-state index is 6.34. The van der Waals surface area contributed by atoms with Crippen molar-refractivity contribution in [3.05, 3.63) is 35.4 Å². The predicted octanol–water partition coefficient (Wildman–Crippen LogP) is 3.29. The molecule has 2 N–H and O–H groups in total. The van der Waals surface area contributed by atoms with Crippen molar-refractivity contribution in [2.45, 2.75) is 50.0 Å². The molecule has 1 aromatic rings. The molecule has 1 heteroatoms. The molecular weight excluding hydrogens is 182 g/mol. The van der Waals surface area contributed by atoms with Gasteiger partial charge in [-0.2, -0.15) is 0 Å². The van der Waals surface area contributed by atoms with E-state index in [4.69, 9.17) is 5.73 Å². The maximum atomic E-state index is 6.34. The summed E-state index contributed by atoms with van der Waals surface area (Å²) in [6, 6.07) is 8.86. The van der Waals surface area contributed by atoms with Crippen LogP contribution in [0.4, 0.5) is 0 Å². The van der Waals surface area contributed by atoms with Gasteiger partial charge in [-0.25, -0.2) is 0 Å². The molecule has 2 aliphatic rings. The zero-order chi connectivity index (χ0) is 10.3. The largest absolute Gasteiger partial charge is 0.321 e. The molecule has 0 aromatic heterocycles. The van der Waals surface area contributed by atoms with Gasteiger partial charge in [-0.15, -0.1) is 0 Å². The van der Waals surface area contributed by atoms with Crippen molar-refractivity contribution in [2.24, 2.45) is 5.73 Å². The first-order valence-corrected chi connectivity index (χ1v) is 6.18. The lowest BCUT2D eigenvalue weighted by Gasteiger charge is -2.19. The molecular formula is C14H19N. The minimum atomic E-state index is 0.0409. The lowest BCUT2D eigenvalue weighted by Crippen LogP contribution is -2.21. The zero-order valence-electron chi connectivity index (χ0n) is 9.21. The Hall–Kier alpha value is -0.820. The first-order valence-electron chi connectivity index (χ1n) is 6.18. The average molecular weight is 201 g/mol. The highest BCUT2D eigenvalue weighted by atomic mass is 14.8. The van der Waals surface area contributed by atoms with E-state index in [2.05, 4.69) is 24.3 Å². The number of hydrogen-bond donors (Lipinski definition) is 1. The summed E-state index contributed by atoms with van der Waals surface area (Å²) < 4.78 is 0. The van der Waals surface area contributed by atoms with Crippen LogP contribution in [-0.4, -0.2) is 0 Å². The summed E-state index contributed by atoms with van der Waals surface area (Å²) in [7, 11) is 0. The Morgan fingerprint density at radius 2 is 1.73 bits per heavy atom. The highest BCUT2D eigenvalue weighted by molar-refractivity contribution is 5.39. The molecule has 0 saturated heterocycles. The van der Waals surface area contributed by atoms with Crippen LogP contribution < -0.4 is 5.73 Å². The summed E-state index contributed by atoms with van der Waals surface area (Å²) >= 11 is 0. The Labute approximate surface area is 91.7 Å². The number of rotatable bonds is 2. The molecule has 0 unspecified atom stereocenters. The monoisotopic (exact) mass is 201 g/mol. The number of nitrogens with two attached hydrogens (primary N) is 1. The molecule has 1 nitrogen and oxygen atoms in total. The number of benzene rings is 1. The molecule has 2 aliphatic carbocycles. The van der Waals surface area contributed by atoms with E-state index in [1.54, 1.807) is 5.56 Å². The van der Waals surface area contributed by atoms with Gasteiger partial charge in [0.25, 0.3) is 0 Å². The molecule has 0 heterocycles. The Bertz CT molecular complexity index is 359. The average Bonchev–Trinajstić information content (AvgIpc) is 2.84. The van der Waals surface area contributed by atoms with Crippen molar-refractivity contribution >= 4 is 0 Å². The third kappa shape index (κ3) is 1.59. The first kappa shape index (κ1) is 9.41. The van der Waals surface area contributed by atoms with Crippen molar-refractivity contribution in [3.8, 4) is 0 Å². The third-order valence-corrected chi connectivity index (χ3v) is 4.08. The summed E-state index contributed by atoms with van der Waals surface area (Å²) in [4.78, 5) is 0. The van der Waals surface area contributed by atoms with Crippen LogP contribution in [0.25, 0.3) is 0 Å². The highest BCUT2D eigenvalue weighted by Gasteiger charge is 2.42. The molecule has 15 heavy (non-hydrogen) atoms. The fourth-order valence-corrected chi connectivity index (χ4v) is 2.95. The molecule has 0 amide bonds. The van der Waals surface area contributed by atoms with Crippen LogP contribution in [0.15, 0.2) is 24.3 Å². The molecule has 2 saturated carbocycles. The lowest BCUT2D eigenvalue weighted by atomic mass is 9.89. The van der Waals surface area contributed by atoms with E-state index in [-0.39, 0.29) is 5.54 Å². The highest BCUT2D eigenvalue weighted by Crippen LogP contribution is 2.47. The molecule has 2 fully saturated rings. The van der Waals surface area contributed by atoms with Gasteiger partial charge in [0.1, 0.15) is 0 Å². The van der Waals surface area contributed by atoms with Crippen molar-refractivity contribution in [1.29, 1.82) is 0 Å². The minimum Gasteiger partial charge on any atom is -0.321 e. The van der Waals surface area contributed by atoms with Crippen LogP contribution in [0.5, 0.6) is 0 Å². The quantitative estimate of drug-likeness (QED) is 0.780. The molecule has 0 aliphatic heterocycles. The predicted molar refractivity (Wildman–Crippen MR) is 62.8 cm³/mol. The van der Waals surface area contributed by atoms with E-state index in [0.29, 0.717) is 0 Å². The second kappa shape index (κ2) is 3.34. The van der Waals surface area contributed by atoms with Crippen LogP contribution in [0.1, 0.15) is 55.6 Å². The Kier molecular flexibility index (Phi) is 2.10. The van der Waals surface area contributed by atoms with Crippen molar-refractivity contribution in [3.63, 3.8) is 0 Å². The zero-order valence-corrected chi connectivity index (χ0v) is 9.21. The van der Waals surface area contributed by atoms with Gasteiger partial charge in [-0.1, -0.05) is 37.1 Å². The molecule has 0 radical (unpaired) electrons. The minimum absolute atomic E-state index is 0.0409. The van der Waals surface area contributed by atoms with E-state index in [1.165, 1.54) is 44.1 Å². The van der Waals surface area contributed by atoms with E-state index in [0.717, 1.165) is 5.92 Å². The molecule has 0 atom stereocenters. The van der Waals surface area contributed by atoms with Crippen LogP contribution in [0, 0.1) is 0 Å². The smallest absolute Gasteiger partial charge is 0.0414 e. The first-order chi connectivity index (χ1) is 7.30. The van der Waals surface area contributed by atoms with Crippen molar-refractivity contribution < 1.29 is 0 Å². The van der Waals surface area contributed by atoms with Gasteiger partial charge in [0, 0.05) is 5.54 Å². The molecule has 0 bridgehead atoms. The van der Waals surface area contributed by atoms with Gasteiger partial charge < -0.3 is 5.73 Å². The van der Waals surface area contributed by atoms with Crippen LogP contribution >= 0.6 is 0 Å². The molecule has 3 rings (SSSR count). The third-order valence-electron chi connectivity index (χ3n) is 4.08. The van der Waals surface area contributed by atoms with E-state index < -0.39 is 0 Å². The summed E-state index contributed by atoms with van der Waals surface area (Å²) in [5.41, 5.74) is 9.37. The second-order valence-electron chi connectivity index (χ2n) is 5.22. The molecule has 1 aromatic carbocycles. The fraction of sp³-hybridized carbons (Fsp3) is 0.571. The van der Waals surface area contributed by atoms with Gasteiger partial charge in [-0.05, 0) is 42.7 Å². The lowest BCUT2D eigenvalue weighted by molar-refractivity contribution is 0.667. The van der Waals surface area contributed by atoms with Crippen molar-refractivity contribution in [2.75, 3.05) is 0 Å². The summed E-state index contributed by atoms with van der Waals surface area (Å²) in [5.74, 6) is 0.794. The van der Waals surface area contributed by atoms with E-state index in [9.17, 15) is 0 Å². The Morgan fingerprint density at radius 3 is 2.40 bits per heavy atom. The topological polar surface area (TPSA) is 26.0 Å². The van der Waals surface area contributed by atoms with Gasteiger partial charge in [0.05, 0.1) is 0 Å². The number of hydrogen-bond acceptors (Lipinski definition) is 1. The van der Waals surface area contributed by atoms with Gasteiger partial charge in [0.2, 0.25) is 0 Å². The SMILES string of the molecule is NC1(c2ccccc2C2CCCC2)CC1. The molecule has 80 valence electrons. The van der Waals surface area contributed by atoms with Crippen molar-refractivity contribution in [1.82, 2.24) is 0 Å². The summed E-state index contributed by atoms with van der Waals surface area (Å²) in [6.45, 7) is 0. The Balaban J connectivity index is 1.98. The second-order valence-corrected chi connectivity index (χ2v) is 5.22. The van der Waals surface area contributed by atoms with Crippen LogP contribution in [0.3, 0.4) is 0 Å². The fourth-order valence-electron chi connectivity index (χ4n) is 2.95. The molecule has 0 spiro atoms. The van der Waals surface area contributed by atoms with Gasteiger partial charge >= 0.3 is 0 Å². The Morgan fingerprint density at radius 1 is 1.07 bits per heavy atom. The van der Waals surface area contributed by atoms with Gasteiger partial charge in [0.15, 0.2) is 0 Å². The summed E-state index contributed by atoms with van der Waals surface area (Å²) in [5, 5.41) is 0. The van der Waals surface area contributed by atoms with E-state index in [1.807, 2.05) is 0 Å². The van der Waals surface area contributed by atoms with Crippen LogP contribution in [-0.2, 0) is 5.54 Å². The van der Waals surface area contributed by atoms with Crippen LogP contribution in [0.2, 0.25) is 0 Å². The maximum Gasteiger partial charge on any atom is 0.0414 e. The van der Waals surface area contributed by atoms with E-state index >= 15 is 0 Å².